The molecule has 0 bridgehead atoms. The minimum absolute atomic E-state index is 0.665. The molecule has 0 saturated carbocycles. The summed E-state index contributed by atoms with van der Waals surface area (Å²) in [4.78, 5) is 4.93. The fourth-order valence-electron chi connectivity index (χ4n) is 4.23. The second-order valence-electron chi connectivity index (χ2n) is 8.46. The van der Waals surface area contributed by atoms with Gasteiger partial charge in [-0.1, -0.05) is 29.8 Å². The van der Waals surface area contributed by atoms with Crippen molar-refractivity contribution in [3.63, 3.8) is 0 Å². The molecule has 178 valence electrons. The summed E-state index contributed by atoms with van der Waals surface area (Å²) in [5.74, 6) is 3.37. The largest absolute Gasteiger partial charge is 0.494 e. The quantitative estimate of drug-likeness (QED) is 0.236. The van der Waals surface area contributed by atoms with Gasteiger partial charge in [-0.05, 0) is 79.8 Å². The van der Waals surface area contributed by atoms with Gasteiger partial charge in [0.25, 0.3) is 0 Å². The number of hydrogen-bond acceptors (Lipinski definition) is 4. The summed E-state index contributed by atoms with van der Waals surface area (Å²) in [6.07, 6.45) is 2.66. The Morgan fingerprint density at radius 1 is 0.882 bits per heavy atom. The van der Waals surface area contributed by atoms with Crippen LogP contribution >= 0.6 is 11.6 Å². The molecule has 0 unspecified atom stereocenters. The van der Waals surface area contributed by atoms with Gasteiger partial charge < -0.3 is 18.8 Å². The number of benzene rings is 3. The number of hydrogen-bond donors (Lipinski definition) is 0. The minimum Gasteiger partial charge on any atom is -0.494 e. The summed E-state index contributed by atoms with van der Waals surface area (Å²) in [6, 6.07) is 18.3. The number of unbranched alkanes of at least 4 members (excludes halogenated alkanes) is 1. The van der Waals surface area contributed by atoms with Gasteiger partial charge in [-0.2, -0.15) is 0 Å². The Morgan fingerprint density at radius 2 is 1.62 bits per heavy atom. The Hall–Kier alpha value is -3.18. The Morgan fingerprint density at radius 3 is 2.35 bits per heavy atom. The van der Waals surface area contributed by atoms with Gasteiger partial charge >= 0.3 is 0 Å². The number of nitrogens with zero attached hydrogens (tertiary/aromatic N) is 2. The van der Waals surface area contributed by atoms with E-state index in [4.69, 9.17) is 30.8 Å². The predicted molar refractivity (Wildman–Crippen MR) is 138 cm³/mol. The van der Waals surface area contributed by atoms with Crippen LogP contribution in [0.4, 0.5) is 0 Å². The number of para-hydroxylation sites is 2. The van der Waals surface area contributed by atoms with Gasteiger partial charge in [0.15, 0.2) is 11.5 Å². The molecule has 0 fully saturated rings. The number of methoxy groups -OCH3 is 2. The van der Waals surface area contributed by atoms with Gasteiger partial charge in [0.2, 0.25) is 0 Å². The second-order valence-corrected chi connectivity index (χ2v) is 8.84. The third kappa shape index (κ3) is 5.31. The van der Waals surface area contributed by atoms with Crippen molar-refractivity contribution >= 4 is 22.6 Å². The first kappa shape index (κ1) is 24.0. The molecule has 0 aliphatic carbocycles. The van der Waals surface area contributed by atoms with E-state index < -0.39 is 0 Å². The second kappa shape index (κ2) is 10.8. The van der Waals surface area contributed by atoms with E-state index in [-0.39, 0.29) is 0 Å². The lowest BCUT2D eigenvalue weighted by Gasteiger charge is -2.12. The lowest BCUT2D eigenvalue weighted by atomic mass is 10.1. The van der Waals surface area contributed by atoms with Crippen LogP contribution in [0.25, 0.3) is 11.0 Å². The molecule has 3 aromatic carbocycles. The molecule has 0 aliphatic heterocycles. The Kier molecular flexibility index (Phi) is 7.63. The Labute approximate surface area is 206 Å². The maximum absolute atomic E-state index is 6.27. The van der Waals surface area contributed by atoms with Crippen LogP contribution in [0.3, 0.4) is 0 Å². The number of halogens is 1. The van der Waals surface area contributed by atoms with Crippen molar-refractivity contribution in [1.82, 2.24) is 9.55 Å². The molecule has 0 spiro atoms. The van der Waals surface area contributed by atoms with Gasteiger partial charge in [0.05, 0.1) is 31.9 Å². The third-order valence-corrected chi connectivity index (χ3v) is 6.59. The van der Waals surface area contributed by atoms with Crippen LogP contribution in [0.1, 0.15) is 35.4 Å². The van der Waals surface area contributed by atoms with E-state index in [0.717, 1.165) is 81.6 Å². The molecule has 0 N–H and O–H groups in total. The van der Waals surface area contributed by atoms with Crippen LogP contribution in [-0.2, 0) is 13.0 Å². The van der Waals surface area contributed by atoms with Crippen molar-refractivity contribution in [2.45, 2.75) is 39.7 Å². The molecule has 1 aromatic heterocycles. The van der Waals surface area contributed by atoms with Crippen molar-refractivity contribution in [2.24, 2.45) is 0 Å². The number of rotatable bonds is 10. The van der Waals surface area contributed by atoms with Gasteiger partial charge in [-0.3, -0.25) is 0 Å². The summed E-state index contributed by atoms with van der Waals surface area (Å²) in [5.41, 5.74) is 5.39. The lowest BCUT2D eigenvalue weighted by molar-refractivity contribution is 0.303. The van der Waals surface area contributed by atoms with E-state index in [9.17, 15) is 0 Å². The zero-order valence-electron chi connectivity index (χ0n) is 20.2. The molecule has 0 aliphatic rings. The van der Waals surface area contributed by atoms with E-state index in [1.54, 1.807) is 14.2 Å². The van der Waals surface area contributed by atoms with E-state index in [2.05, 4.69) is 28.8 Å². The maximum atomic E-state index is 6.27. The number of ether oxygens (including phenoxy) is 3. The van der Waals surface area contributed by atoms with Crippen LogP contribution in [-0.4, -0.2) is 30.4 Å². The summed E-state index contributed by atoms with van der Waals surface area (Å²) in [6.45, 7) is 5.56. The van der Waals surface area contributed by atoms with Gasteiger partial charge in [-0.15, -0.1) is 0 Å². The molecular formula is C28H31ClN2O3. The Balaban J connectivity index is 1.44. The van der Waals surface area contributed by atoms with Crippen LogP contribution < -0.4 is 14.2 Å². The summed E-state index contributed by atoms with van der Waals surface area (Å²) >= 11 is 6.27. The van der Waals surface area contributed by atoms with E-state index in [1.807, 2.05) is 44.2 Å². The first-order chi connectivity index (χ1) is 16.5. The zero-order valence-corrected chi connectivity index (χ0v) is 21.0. The van der Waals surface area contributed by atoms with Crippen molar-refractivity contribution < 1.29 is 14.2 Å². The lowest BCUT2D eigenvalue weighted by Crippen LogP contribution is -2.07. The first-order valence-electron chi connectivity index (χ1n) is 11.5. The minimum atomic E-state index is 0.665. The molecule has 1 heterocycles. The number of fused-ring (bicyclic) bond motifs is 1. The monoisotopic (exact) mass is 478 g/mol. The van der Waals surface area contributed by atoms with Gasteiger partial charge in [0, 0.05) is 18.0 Å². The smallest absolute Gasteiger partial charge is 0.161 e. The molecule has 34 heavy (non-hydrogen) atoms. The van der Waals surface area contributed by atoms with Crippen molar-refractivity contribution in [3.8, 4) is 17.2 Å². The highest BCUT2D eigenvalue weighted by molar-refractivity contribution is 6.32. The molecule has 4 rings (SSSR count). The predicted octanol–water partition coefficient (Wildman–Crippen LogP) is 6.77. The topological polar surface area (TPSA) is 45.5 Å². The molecular weight excluding hydrogens is 448 g/mol. The van der Waals surface area contributed by atoms with Crippen LogP contribution in [0.15, 0.2) is 54.6 Å². The fraction of sp³-hybridized carbons (Fsp3) is 0.321. The van der Waals surface area contributed by atoms with Gasteiger partial charge in [0.1, 0.15) is 11.6 Å². The molecule has 0 amide bonds. The number of aromatic nitrogens is 2. The summed E-state index contributed by atoms with van der Waals surface area (Å²) in [7, 11) is 3.31. The van der Waals surface area contributed by atoms with Crippen LogP contribution in [0, 0.1) is 13.8 Å². The fourth-order valence-corrected chi connectivity index (χ4v) is 4.34. The first-order valence-corrected chi connectivity index (χ1v) is 11.9. The summed E-state index contributed by atoms with van der Waals surface area (Å²) in [5, 5.41) is 0.807. The molecule has 0 radical (unpaired) electrons. The van der Waals surface area contributed by atoms with Crippen molar-refractivity contribution in [3.05, 3.63) is 82.1 Å². The van der Waals surface area contributed by atoms with E-state index >= 15 is 0 Å². The van der Waals surface area contributed by atoms with E-state index in [0.29, 0.717) is 6.61 Å². The number of imidazole rings is 1. The molecule has 6 heteroatoms. The van der Waals surface area contributed by atoms with Crippen molar-refractivity contribution in [2.75, 3.05) is 20.8 Å². The van der Waals surface area contributed by atoms with E-state index in [1.165, 1.54) is 0 Å². The molecule has 5 nitrogen and oxygen atoms in total. The van der Waals surface area contributed by atoms with Crippen LogP contribution in [0.5, 0.6) is 17.2 Å². The summed E-state index contributed by atoms with van der Waals surface area (Å²) < 4.78 is 19.2. The molecule has 0 saturated heterocycles. The van der Waals surface area contributed by atoms with Gasteiger partial charge in [-0.25, -0.2) is 4.98 Å². The molecule has 0 atom stereocenters. The van der Waals surface area contributed by atoms with Crippen LogP contribution in [0.2, 0.25) is 5.02 Å². The van der Waals surface area contributed by atoms with Crippen molar-refractivity contribution in [1.29, 1.82) is 0 Å². The zero-order chi connectivity index (χ0) is 24.1. The number of aryl methyl sites for hydroxylation is 3. The highest BCUT2D eigenvalue weighted by Crippen LogP contribution is 2.29. The Bertz CT molecular complexity index is 1260. The third-order valence-electron chi connectivity index (χ3n) is 6.00. The highest BCUT2D eigenvalue weighted by Gasteiger charge is 2.13. The standard InChI is InChI=1S/C28H31ClN2O3/c1-19-15-22(16-20(2)28(19)29)34-14-8-7-13-31-24-10-6-5-9-23(24)30-27(31)18-21-11-12-25(32-3)26(17-21)33-4/h5-6,9-12,15-17H,7-8,13-14,18H2,1-4H3. The normalized spacial score (nSPS) is 11.1. The SMILES string of the molecule is COc1ccc(Cc2nc3ccccc3n2CCCCOc2cc(C)c(Cl)c(C)c2)cc1OC. The average molecular weight is 479 g/mol. The average Bonchev–Trinajstić information content (AvgIpc) is 3.19. The maximum Gasteiger partial charge on any atom is 0.161 e. The highest BCUT2D eigenvalue weighted by atomic mass is 35.5. The molecule has 4 aromatic rings.